The second-order valence-corrected chi connectivity index (χ2v) is 7.88. The fourth-order valence-electron chi connectivity index (χ4n) is 5.71. The van der Waals surface area contributed by atoms with E-state index < -0.39 is 0 Å². The molecular formula is C18H27NO. The smallest absolute Gasteiger partial charge is 0.110 e. The van der Waals surface area contributed by atoms with E-state index >= 15 is 0 Å². The van der Waals surface area contributed by atoms with Crippen LogP contribution >= 0.6 is 0 Å². The van der Waals surface area contributed by atoms with Gasteiger partial charge in [0.15, 0.2) is 0 Å². The fourth-order valence-corrected chi connectivity index (χ4v) is 5.71. The third-order valence-corrected chi connectivity index (χ3v) is 6.27. The first-order valence-electron chi connectivity index (χ1n) is 8.49. The molecule has 0 saturated heterocycles. The summed E-state index contributed by atoms with van der Waals surface area (Å²) < 4.78 is 6.33. The van der Waals surface area contributed by atoms with Crippen molar-refractivity contribution in [1.29, 1.82) is 0 Å². The number of hydrogen-bond donors (Lipinski definition) is 1. The number of furan rings is 1. The van der Waals surface area contributed by atoms with E-state index in [2.05, 4.69) is 19.1 Å². The molecule has 4 aliphatic carbocycles. The number of rotatable bonds is 4. The molecule has 1 heterocycles. The van der Waals surface area contributed by atoms with Crippen molar-refractivity contribution in [3.05, 3.63) is 23.7 Å². The maximum absolute atomic E-state index is 6.33. The molecule has 1 aromatic rings. The molecule has 5 rings (SSSR count). The Morgan fingerprint density at radius 3 is 2.30 bits per heavy atom. The first-order chi connectivity index (χ1) is 9.68. The standard InChI is InChI=1S/C18H27NO/c1-12(4-5-19)16-2-3-17(20-16)18-9-13-6-14(10-18)8-15(7-13)11-18/h2-3,12-15H,4-11,19H2,1H3. The molecule has 4 saturated carbocycles. The lowest BCUT2D eigenvalue weighted by molar-refractivity contribution is -0.0157. The third kappa shape index (κ3) is 1.95. The minimum Gasteiger partial charge on any atom is -0.465 e. The Balaban J connectivity index is 1.61. The summed E-state index contributed by atoms with van der Waals surface area (Å²) in [6.07, 6.45) is 9.67. The van der Waals surface area contributed by atoms with Gasteiger partial charge in [-0.25, -0.2) is 0 Å². The maximum atomic E-state index is 6.33. The highest BCUT2D eigenvalue weighted by molar-refractivity contribution is 5.23. The van der Waals surface area contributed by atoms with E-state index in [1.807, 2.05) is 0 Å². The zero-order valence-corrected chi connectivity index (χ0v) is 12.6. The quantitative estimate of drug-likeness (QED) is 0.893. The van der Waals surface area contributed by atoms with Gasteiger partial charge in [0.25, 0.3) is 0 Å². The number of hydrogen-bond acceptors (Lipinski definition) is 2. The molecule has 0 aromatic carbocycles. The SMILES string of the molecule is CC(CCN)c1ccc(C23CC4CC(CC(C4)C2)C3)o1. The lowest BCUT2D eigenvalue weighted by Crippen LogP contribution is -2.48. The van der Waals surface area contributed by atoms with Gasteiger partial charge in [0.2, 0.25) is 0 Å². The zero-order valence-electron chi connectivity index (χ0n) is 12.6. The van der Waals surface area contributed by atoms with Crippen LogP contribution in [-0.4, -0.2) is 6.54 Å². The van der Waals surface area contributed by atoms with Crippen molar-refractivity contribution in [2.24, 2.45) is 23.5 Å². The topological polar surface area (TPSA) is 39.2 Å². The van der Waals surface area contributed by atoms with Crippen LogP contribution in [0.4, 0.5) is 0 Å². The van der Waals surface area contributed by atoms with Crippen LogP contribution in [0.25, 0.3) is 0 Å². The molecule has 110 valence electrons. The fraction of sp³-hybridized carbons (Fsp3) is 0.778. The van der Waals surface area contributed by atoms with Gasteiger partial charge in [-0.3, -0.25) is 0 Å². The van der Waals surface area contributed by atoms with Gasteiger partial charge in [0.1, 0.15) is 11.5 Å². The van der Waals surface area contributed by atoms with Gasteiger partial charge in [-0.2, -0.15) is 0 Å². The first kappa shape index (κ1) is 12.9. The molecule has 0 radical (unpaired) electrons. The van der Waals surface area contributed by atoms with E-state index in [9.17, 15) is 0 Å². The van der Waals surface area contributed by atoms with Crippen LogP contribution in [0.2, 0.25) is 0 Å². The Morgan fingerprint density at radius 1 is 1.15 bits per heavy atom. The highest BCUT2D eigenvalue weighted by Crippen LogP contribution is 2.60. The van der Waals surface area contributed by atoms with Gasteiger partial charge < -0.3 is 10.2 Å². The Kier molecular flexibility index (Phi) is 2.99. The van der Waals surface area contributed by atoms with Crippen molar-refractivity contribution >= 4 is 0 Å². The normalized spacial score (nSPS) is 40.2. The van der Waals surface area contributed by atoms with Gasteiger partial charge in [0, 0.05) is 11.3 Å². The molecule has 0 spiro atoms. The Bertz CT molecular complexity index is 454. The molecule has 1 unspecified atom stereocenters. The monoisotopic (exact) mass is 273 g/mol. The Labute approximate surface area is 122 Å². The summed E-state index contributed by atoms with van der Waals surface area (Å²) in [6, 6.07) is 4.50. The number of nitrogens with two attached hydrogens (primary N) is 1. The van der Waals surface area contributed by atoms with Crippen LogP contribution in [0.5, 0.6) is 0 Å². The van der Waals surface area contributed by atoms with E-state index in [-0.39, 0.29) is 0 Å². The van der Waals surface area contributed by atoms with Crippen molar-refractivity contribution in [2.45, 2.75) is 63.2 Å². The van der Waals surface area contributed by atoms with E-state index in [0.29, 0.717) is 11.3 Å². The van der Waals surface area contributed by atoms with Gasteiger partial charge in [0.05, 0.1) is 0 Å². The van der Waals surface area contributed by atoms with Crippen LogP contribution in [0, 0.1) is 17.8 Å². The van der Waals surface area contributed by atoms with Gasteiger partial charge in [-0.15, -0.1) is 0 Å². The predicted octanol–water partition coefficient (Wildman–Crippen LogP) is 4.20. The molecule has 20 heavy (non-hydrogen) atoms. The lowest BCUT2D eigenvalue weighted by Gasteiger charge is -2.55. The molecule has 0 aliphatic heterocycles. The summed E-state index contributed by atoms with van der Waals surface area (Å²) in [5.74, 6) is 5.86. The minimum absolute atomic E-state index is 0.398. The molecule has 4 fully saturated rings. The predicted molar refractivity (Wildman–Crippen MR) is 80.6 cm³/mol. The molecule has 2 nitrogen and oxygen atoms in total. The second-order valence-electron chi connectivity index (χ2n) is 7.88. The van der Waals surface area contributed by atoms with E-state index in [0.717, 1.165) is 36.5 Å². The van der Waals surface area contributed by atoms with Crippen molar-refractivity contribution in [3.63, 3.8) is 0 Å². The summed E-state index contributed by atoms with van der Waals surface area (Å²) in [5, 5.41) is 0. The molecule has 1 aromatic heterocycles. The second kappa shape index (κ2) is 4.62. The van der Waals surface area contributed by atoms with Gasteiger partial charge >= 0.3 is 0 Å². The highest BCUT2D eigenvalue weighted by atomic mass is 16.3. The molecule has 2 heteroatoms. The largest absolute Gasteiger partial charge is 0.465 e. The molecule has 0 amide bonds. The first-order valence-corrected chi connectivity index (χ1v) is 8.49. The summed E-state index contributed by atoms with van der Waals surface area (Å²) in [5.41, 5.74) is 6.08. The van der Waals surface area contributed by atoms with Crippen LogP contribution in [0.1, 0.15) is 69.3 Å². The average Bonchev–Trinajstić information content (AvgIpc) is 2.87. The minimum atomic E-state index is 0.398. The Hall–Kier alpha value is -0.760. The third-order valence-electron chi connectivity index (χ3n) is 6.27. The lowest BCUT2D eigenvalue weighted by atomic mass is 9.49. The van der Waals surface area contributed by atoms with Crippen LogP contribution in [0.3, 0.4) is 0 Å². The maximum Gasteiger partial charge on any atom is 0.110 e. The van der Waals surface area contributed by atoms with Gasteiger partial charge in [-0.05, 0) is 81.4 Å². The summed E-state index contributed by atoms with van der Waals surface area (Å²) >= 11 is 0. The summed E-state index contributed by atoms with van der Waals surface area (Å²) in [7, 11) is 0. The van der Waals surface area contributed by atoms with E-state index in [1.165, 1.54) is 44.3 Å². The summed E-state index contributed by atoms with van der Waals surface area (Å²) in [6.45, 7) is 2.98. The molecular weight excluding hydrogens is 246 g/mol. The van der Waals surface area contributed by atoms with Crippen LogP contribution in [-0.2, 0) is 5.41 Å². The summed E-state index contributed by atoms with van der Waals surface area (Å²) in [4.78, 5) is 0. The van der Waals surface area contributed by atoms with E-state index in [1.54, 1.807) is 0 Å². The zero-order chi connectivity index (χ0) is 13.7. The van der Waals surface area contributed by atoms with Crippen molar-refractivity contribution in [2.75, 3.05) is 6.54 Å². The Morgan fingerprint density at radius 2 is 1.75 bits per heavy atom. The van der Waals surface area contributed by atoms with Crippen LogP contribution in [0.15, 0.2) is 16.5 Å². The molecule has 4 aliphatic rings. The van der Waals surface area contributed by atoms with Gasteiger partial charge in [-0.1, -0.05) is 6.92 Å². The van der Waals surface area contributed by atoms with Crippen molar-refractivity contribution < 1.29 is 4.42 Å². The molecule has 1 atom stereocenters. The average molecular weight is 273 g/mol. The highest BCUT2D eigenvalue weighted by Gasteiger charge is 2.53. The molecule has 4 bridgehead atoms. The van der Waals surface area contributed by atoms with Crippen molar-refractivity contribution in [3.8, 4) is 0 Å². The molecule has 2 N–H and O–H groups in total. The van der Waals surface area contributed by atoms with Crippen LogP contribution < -0.4 is 5.73 Å². The van der Waals surface area contributed by atoms with E-state index in [4.69, 9.17) is 10.2 Å². The van der Waals surface area contributed by atoms with Crippen molar-refractivity contribution in [1.82, 2.24) is 0 Å².